The summed E-state index contributed by atoms with van der Waals surface area (Å²) in [6.45, 7) is 10.6. The Balaban J connectivity index is 0.00000243. The molecule has 0 amide bonds. The average molecular weight is 489 g/mol. The smallest absolute Gasteiger partial charge is 0.191 e. The van der Waals surface area contributed by atoms with E-state index in [4.69, 9.17) is 4.99 Å². The molecule has 144 valence electrons. The van der Waals surface area contributed by atoms with Crippen molar-refractivity contribution in [2.45, 2.75) is 66.1 Å². The third-order valence-corrected chi connectivity index (χ3v) is 5.41. The maximum Gasteiger partial charge on any atom is 0.191 e. The molecule has 3 rings (SSSR count). The predicted octanol–water partition coefficient (Wildman–Crippen LogP) is 2.60. The highest BCUT2D eigenvalue weighted by atomic mass is 127. The topological polar surface area (TPSA) is 80.0 Å². The summed E-state index contributed by atoms with van der Waals surface area (Å²) in [5.41, 5.74) is 1.10. The molecule has 0 radical (unpaired) electrons. The number of halogens is 1. The summed E-state index contributed by atoms with van der Waals surface area (Å²) in [4.78, 5) is 15.1. The summed E-state index contributed by atoms with van der Waals surface area (Å²) in [6.07, 6.45) is 2.88. The van der Waals surface area contributed by atoms with Gasteiger partial charge in [-0.15, -0.1) is 35.3 Å². The molecule has 7 nitrogen and oxygen atoms in total. The molecular weight excluding hydrogens is 461 g/mol. The number of aryl methyl sites for hydroxylation is 4. The second kappa shape index (κ2) is 9.63. The van der Waals surface area contributed by atoms with Crippen LogP contribution in [-0.4, -0.2) is 38.3 Å². The minimum Gasteiger partial charge on any atom is -0.357 e. The van der Waals surface area contributed by atoms with Crippen LogP contribution in [0.25, 0.3) is 0 Å². The lowest BCUT2D eigenvalue weighted by atomic mass is 10.1. The molecule has 2 aromatic rings. The minimum absolute atomic E-state index is 0. The summed E-state index contributed by atoms with van der Waals surface area (Å²) >= 11 is 1.72. The number of aliphatic imine (C=N–C) groups is 1. The zero-order valence-corrected chi connectivity index (χ0v) is 19.0. The van der Waals surface area contributed by atoms with Crippen LogP contribution in [0.4, 0.5) is 0 Å². The lowest BCUT2D eigenvalue weighted by Gasteiger charge is -2.25. The Labute approximate surface area is 176 Å². The molecule has 0 saturated heterocycles. The summed E-state index contributed by atoms with van der Waals surface area (Å²) in [7, 11) is 0. The molecule has 1 unspecified atom stereocenters. The first-order valence-electron chi connectivity index (χ1n) is 8.99. The van der Waals surface area contributed by atoms with Gasteiger partial charge in [-0.1, -0.05) is 6.92 Å². The highest BCUT2D eigenvalue weighted by Crippen LogP contribution is 2.17. The van der Waals surface area contributed by atoms with E-state index in [1.54, 1.807) is 11.3 Å². The van der Waals surface area contributed by atoms with Crippen molar-refractivity contribution in [2.75, 3.05) is 6.54 Å². The first kappa shape index (κ1) is 21.1. The van der Waals surface area contributed by atoms with Gasteiger partial charge in [0.05, 0.1) is 18.8 Å². The molecule has 0 aliphatic carbocycles. The van der Waals surface area contributed by atoms with Crippen LogP contribution in [0.15, 0.2) is 4.99 Å². The lowest BCUT2D eigenvalue weighted by molar-refractivity contribution is 0.392. The molecule has 0 fully saturated rings. The molecule has 0 bridgehead atoms. The quantitative estimate of drug-likeness (QED) is 0.384. The van der Waals surface area contributed by atoms with Crippen molar-refractivity contribution in [1.29, 1.82) is 0 Å². The number of thiazole rings is 1. The van der Waals surface area contributed by atoms with E-state index in [2.05, 4.69) is 46.5 Å². The molecule has 26 heavy (non-hydrogen) atoms. The Hall–Kier alpha value is -1.23. The van der Waals surface area contributed by atoms with E-state index >= 15 is 0 Å². The standard InChI is InChI=1S/C17H27N7S.HI/c1-5-14-22-15-8-7-13(10-24(15)23-14)21-17(18-6-2)19-9-16-20-11(3)12(4)25-16;/h13H,5-10H2,1-4H3,(H2,18,19,21);1H. The Morgan fingerprint density at radius 2 is 2.12 bits per heavy atom. The minimum atomic E-state index is 0. The van der Waals surface area contributed by atoms with Crippen LogP contribution in [0.5, 0.6) is 0 Å². The molecule has 9 heteroatoms. The first-order valence-corrected chi connectivity index (χ1v) is 9.81. The normalized spacial score (nSPS) is 16.8. The summed E-state index contributed by atoms with van der Waals surface area (Å²) in [5, 5.41) is 12.5. The molecule has 0 saturated carbocycles. The van der Waals surface area contributed by atoms with Gasteiger partial charge in [0.2, 0.25) is 0 Å². The second-order valence-corrected chi connectivity index (χ2v) is 7.59. The van der Waals surface area contributed by atoms with Crippen LogP contribution in [0.2, 0.25) is 0 Å². The van der Waals surface area contributed by atoms with E-state index < -0.39 is 0 Å². The number of guanidine groups is 1. The molecule has 2 aromatic heterocycles. The molecule has 1 aliphatic heterocycles. The van der Waals surface area contributed by atoms with Gasteiger partial charge < -0.3 is 10.6 Å². The van der Waals surface area contributed by atoms with Gasteiger partial charge >= 0.3 is 0 Å². The Kier molecular flexibility index (Phi) is 7.81. The fourth-order valence-electron chi connectivity index (χ4n) is 2.90. The van der Waals surface area contributed by atoms with Crippen molar-refractivity contribution < 1.29 is 0 Å². The molecule has 0 spiro atoms. The number of nitrogens with one attached hydrogen (secondary N) is 2. The molecule has 2 N–H and O–H groups in total. The second-order valence-electron chi connectivity index (χ2n) is 6.30. The number of hydrogen-bond donors (Lipinski definition) is 2. The lowest BCUT2D eigenvalue weighted by Crippen LogP contribution is -2.47. The summed E-state index contributed by atoms with van der Waals surface area (Å²) in [6, 6.07) is 0.316. The largest absolute Gasteiger partial charge is 0.357 e. The van der Waals surface area contributed by atoms with Crippen LogP contribution in [-0.2, 0) is 25.9 Å². The number of rotatable bonds is 5. The van der Waals surface area contributed by atoms with Crippen LogP contribution >= 0.6 is 35.3 Å². The van der Waals surface area contributed by atoms with E-state index in [1.807, 2.05) is 11.6 Å². The van der Waals surface area contributed by atoms with E-state index in [1.165, 1.54) is 4.88 Å². The maximum atomic E-state index is 4.71. The third-order valence-electron chi connectivity index (χ3n) is 4.35. The van der Waals surface area contributed by atoms with Gasteiger partial charge in [-0.05, 0) is 27.2 Å². The van der Waals surface area contributed by atoms with Gasteiger partial charge in [0.15, 0.2) is 11.8 Å². The summed E-state index contributed by atoms with van der Waals surface area (Å²) in [5.74, 6) is 2.88. The molecule has 0 aromatic carbocycles. The van der Waals surface area contributed by atoms with E-state index in [-0.39, 0.29) is 24.0 Å². The number of hydrogen-bond acceptors (Lipinski definition) is 5. The van der Waals surface area contributed by atoms with Gasteiger partial charge in [0.25, 0.3) is 0 Å². The average Bonchev–Trinajstić information content (AvgIpc) is 3.15. The van der Waals surface area contributed by atoms with Crippen LogP contribution in [0, 0.1) is 13.8 Å². The fourth-order valence-corrected chi connectivity index (χ4v) is 3.75. The maximum absolute atomic E-state index is 4.71. The molecule has 1 atom stereocenters. The molecule has 1 aliphatic rings. The van der Waals surface area contributed by atoms with Crippen molar-refractivity contribution >= 4 is 41.3 Å². The highest BCUT2D eigenvalue weighted by molar-refractivity contribution is 14.0. The Bertz CT molecular complexity index is 733. The van der Waals surface area contributed by atoms with Gasteiger partial charge in [-0.25, -0.2) is 19.6 Å². The first-order chi connectivity index (χ1) is 12.1. The number of aromatic nitrogens is 4. The van der Waals surface area contributed by atoms with Crippen molar-refractivity contribution in [2.24, 2.45) is 4.99 Å². The van der Waals surface area contributed by atoms with Gasteiger partial charge in [-0.3, -0.25) is 0 Å². The molecular formula is C17H28IN7S. The van der Waals surface area contributed by atoms with Crippen LogP contribution in [0.1, 0.15) is 47.5 Å². The van der Waals surface area contributed by atoms with Crippen LogP contribution in [0.3, 0.4) is 0 Å². The van der Waals surface area contributed by atoms with E-state index in [0.717, 1.165) is 60.7 Å². The summed E-state index contributed by atoms with van der Waals surface area (Å²) < 4.78 is 2.04. The highest BCUT2D eigenvalue weighted by Gasteiger charge is 2.22. The monoisotopic (exact) mass is 489 g/mol. The number of fused-ring (bicyclic) bond motifs is 1. The van der Waals surface area contributed by atoms with Crippen molar-refractivity contribution in [3.8, 4) is 0 Å². The van der Waals surface area contributed by atoms with Crippen molar-refractivity contribution in [1.82, 2.24) is 30.4 Å². The Morgan fingerprint density at radius 1 is 1.31 bits per heavy atom. The van der Waals surface area contributed by atoms with Gasteiger partial charge in [-0.2, -0.15) is 5.10 Å². The Morgan fingerprint density at radius 3 is 2.77 bits per heavy atom. The van der Waals surface area contributed by atoms with Crippen molar-refractivity contribution in [3.05, 3.63) is 27.2 Å². The zero-order chi connectivity index (χ0) is 17.8. The number of nitrogens with zero attached hydrogens (tertiary/aromatic N) is 5. The SMILES string of the molecule is CCNC(=NCc1nc(C)c(C)s1)NC1CCc2nc(CC)nn2C1.I. The zero-order valence-electron chi connectivity index (χ0n) is 15.9. The van der Waals surface area contributed by atoms with Crippen LogP contribution < -0.4 is 10.6 Å². The van der Waals surface area contributed by atoms with Crippen molar-refractivity contribution in [3.63, 3.8) is 0 Å². The van der Waals surface area contributed by atoms with E-state index in [0.29, 0.717) is 12.6 Å². The molecule has 3 heterocycles. The third kappa shape index (κ3) is 5.15. The van der Waals surface area contributed by atoms with Gasteiger partial charge in [0.1, 0.15) is 10.8 Å². The van der Waals surface area contributed by atoms with E-state index in [9.17, 15) is 0 Å². The predicted molar refractivity (Wildman–Crippen MR) is 116 cm³/mol. The fraction of sp³-hybridized carbons (Fsp3) is 0.647. The van der Waals surface area contributed by atoms with Gasteiger partial charge in [0, 0.05) is 30.3 Å².